The summed E-state index contributed by atoms with van der Waals surface area (Å²) in [6, 6.07) is 22.1. The molecule has 1 aliphatic rings. The summed E-state index contributed by atoms with van der Waals surface area (Å²) in [5.74, 6) is 0.662. The fourth-order valence-electron chi connectivity index (χ4n) is 3.59. The number of nitrogens with one attached hydrogen (secondary N) is 1. The number of carbonyl (C=O) groups is 2. The van der Waals surface area contributed by atoms with E-state index in [1.165, 1.54) is 0 Å². The summed E-state index contributed by atoms with van der Waals surface area (Å²) >= 11 is 0. The van der Waals surface area contributed by atoms with Crippen LogP contribution in [-0.2, 0) is 6.61 Å². The van der Waals surface area contributed by atoms with Crippen LogP contribution in [0, 0.1) is 0 Å². The van der Waals surface area contributed by atoms with Crippen molar-refractivity contribution in [1.29, 1.82) is 0 Å². The van der Waals surface area contributed by atoms with Crippen molar-refractivity contribution in [1.82, 2.24) is 14.8 Å². The third-order valence-corrected chi connectivity index (χ3v) is 5.29. The number of hydrogen-bond acceptors (Lipinski definition) is 4. The van der Waals surface area contributed by atoms with Gasteiger partial charge in [-0.2, -0.15) is 0 Å². The number of amides is 3. The zero-order chi connectivity index (χ0) is 22.2. The number of benzene rings is 2. The Morgan fingerprint density at radius 3 is 2.47 bits per heavy atom. The highest BCUT2D eigenvalue weighted by Crippen LogP contribution is 2.19. The van der Waals surface area contributed by atoms with Gasteiger partial charge in [0.1, 0.15) is 12.4 Å². The van der Waals surface area contributed by atoms with Crippen LogP contribution in [0.25, 0.3) is 0 Å². The summed E-state index contributed by atoms with van der Waals surface area (Å²) in [4.78, 5) is 33.3. The molecule has 164 valence electrons. The number of anilines is 1. The Balaban J connectivity index is 1.31. The van der Waals surface area contributed by atoms with Gasteiger partial charge < -0.3 is 19.9 Å². The Hall–Kier alpha value is -3.87. The molecule has 3 aromatic rings. The van der Waals surface area contributed by atoms with Crippen molar-refractivity contribution in [3.05, 3.63) is 90.3 Å². The van der Waals surface area contributed by atoms with E-state index in [0.29, 0.717) is 49.8 Å². The van der Waals surface area contributed by atoms with E-state index in [1.807, 2.05) is 71.6 Å². The molecule has 0 saturated carbocycles. The minimum atomic E-state index is -0.180. The average Bonchev–Trinajstić information content (AvgIpc) is 3.10. The van der Waals surface area contributed by atoms with E-state index >= 15 is 0 Å². The van der Waals surface area contributed by atoms with E-state index in [0.717, 1.165) is 12.1 Å². The molecule has 0 spiro atoms. The van der Waals surface area contributed by atoms with Crippen molar-refractivity contribution in [3.63, 3.8) is 0 Å². The molecular weight excluding hydrogens is 404 g/mol. The first-order valence-electron chi connectivity index (χ1n) is 10.7. The zero-order valence-electron chi connectivity index (χ0n) is 17.8. The molecule has 0 atom stereocenters. The van der Waals surface area contributed by atoms with Crippen molar-refractivity contribution in [3.8, 4) is 5.75 Å². The van der Waals surface area contributed by atoms with Gasteiger partial charge in [-0.15, -0.1) is 0 Å². The first-order valence-corrected chi connectivity index (χ1v) is 10.7. The molecule has 0 bridgehead atoms. The van der Waals surface area contributed by atoms with Gasteiger partial charge in [-0.25, -0.2) is 4.79 Å². The van der Waals surface area contributed by atoms with Gasteiger partial charge in [0, 0.05) is 49.7 Å². The van der Waals surface area contributed by atoms with Gasteiger partial charge in [-0.1, -0.05) is 30.3 Å². The van der Waals surface area contributed by atoms with Gasteiger partial charge in [-0.05, 0) is 42.8 Å². The SMILES string of the molecule is O=C(Nc1cccc(OCc2ccccn2)c1)N1CCCN(C(=O)c2ccccc2)CC1. The van der Waals surface area contributed by atoms with E-state index in [4.69, 9.17) is 4.74 Å². The van der Waals surface area contributed by atoms with Crippen LogP contribution in [0.1, 0.15) is 22.5 Å². The normalized spacial score (nSPS) is 13.9. The Morgan fingerprint density at radius 1 is 0.875 bits per heavy atom. The van der Waals surface area contributed by atoms with Crippen LogP contribution in [0.5, 0.6) is 5.75 Å². The number of aromatic nitrogens is 1. The van der Waals surface area contributed by atoms with E-state index in [9.17, 15) is 9.59 Å². The molecule has 7 nitrogen and oxygen atoms in total. The molecule has 0 aliphatic carbocycles. The number of hydrogen-bond donors (Lipinski definition) is 1. The lowest BCUT2D eigenvalue weighted by atomic mass is 10.2. The summed E-state index contributed by atoms with van der Waals surface area (Å²) in [5, 5.41) is 2.94. The second kappa shape index (κ2) is 10.4. The maximum atomic E-state index is 12.8. The predicted octanol–water partition coefficient (Wildman–Crippen LogP) is 4.04. The lowest BCUT2D eigenvalue weighted by molar-refractivity contribution is 0.0762. The van der Waals surface area contributed by atoms with E-state index < -0.39 is 0 Å². The summed E-state index contributed by atoms with van der Waals surface area (Å²) in [5.41, 5.74) is 2.17. The molecule has 4 rings (SSSR count). The van der Waals surface area contributed by atoms with Crippen molar-refractivity contribution >= 4 is 17.6 Å². The number of nitrogens with zero attached hydrogens (tertiary/aromatic N) is 3. The highest BCUT2D eigenvalue weighted by Gasteiger charge is 2.22. The van der Waals surface area contributed by atoms with Crippen LogP contribution in [-0.4, -0.2) is 52.9 Å². The van der Waals surface area contributed by atoms with Crippen molar-refractivity contribution in [2.75, 3.05) is 31.5 Å². The van der Waals surface area contributed by atoms with E-state index in [2.05, 4.69) is 10.3 Å². The maximum Gasteiger partial charge on any atom is 0.321 e. The topological polar surface area (TPSA) is 74.8 Å². The Kier molecular flexibility index (Phi) is 6.97. The molecule has 2 aromatic carbocycles. The smallest absolute Gasteiger partial charge is 0.321 e. The van der Waals surface area contributed by atoms with Gasteiger partial charge in [-0.3, -0.25) is 9.78 Å². The second-order valence-corrected chi connectivity index (χ2v) is 7.57. The summed E-state index contributed by atoms with van der Waals surface area (Å²) < 4.78 is 5.79. The lowest BCUT2D eigenvalue weighted by Gasteiger charge is -2.22. The van der Waals surface area contributed by atoms with Crippen LogP contribution in [0.15, 0.2) is 79.0 Å². The van der Waals surface area contributed by atoms with Gasteiger partial charge >= 0.3 is 6.03 Å². The van der Waals surface area contributed by atoms with Crippen molar-refractivity contribution in [2.24, 2.45) is 0 Å². The average molecular weight is 431 g/mol. The molecule has 3 amide bonds. The molecule has 7 heteroatoms. The minimum Gasteiger partial charge on any atom is -0.487 e. The fourth-order valence-corrected chi connectivity index (χ4v) is 3.59. The largest absolute Gasteiger partial charge is 0.487 e. The van der Waals surface area contributed by atoms with Crippen LogP contribution >= 0.6 is 0 Å². The van der Waals surface area contributed by atoms with Crippen molar-refractivity contribution < 1.29 is 14.3 Å². The van der Waals surface area contributed by atoms with Gasteiger partial charge in [0.05, 0.1) is 5.69 Å². The first kappa shape index (κ1) is 21.4. The standard InChI is InChI=1S/C25H26N4O3/c30-24(20-8-2-1-3-9-20)28-14-7-15-29(17-16-28)25(31)27-21-11-6-12-23(18-21)32-19-22-10-4-5-13-26-22/h1-6,8-13,18H,7,14-17,19H2,(H,27,31). The van der Waals surface area contributed by atoms with Crippen LogP contribution < -0.4 is 10.1 Å². The van der Waals surface area contributed by atoms with Gasteiger partial charge in [0.2, 0.25) is 0 Å². The highest BCUT2D eigenvalue weighted by molar-refractivity contribution is 5.94. The summed E-state index contributed by atoms with van der Waals surface area (Å²) in [6.45, 7) is 2.58. The predicted molar refractivity (Wildman–Crippen MR) is 123 cm³/mol. The number of pyridine rings is 1. The molecule has 1 N–H and O–H groups in total. The van der Waals surface area contributed by atoms with Gasteiger partial charge in [0.25, 0.3) is 5.91 Å². The molecule has 0 radical (unpaired) electrons. The second-order valence-electron chi connectivity index (χ2n) is 7.57. The van der Waals surface area contributed by atoms with Crippen LogP contribution in [0.4, 0.5) is 10.5 Å². The first-order chi connectivity index (χ1) is 15.7. The third kappa shape index (κ3) is 5.63. The number of rotatable bonds is 5. The highest BCUT2D eigenvalue weighted by atomic mass is 16.5. The minimum absolute atomic E-state index is 0.00520. The molecule has 1 fully saturated rings. The third-order valence-electron chi connectivity index (χ3n) is 5.29. The van der Waals surface area contributed by atoms with Crippen LogP contribution in [0.2, 0.25) is 0 Å². The Bertz CT molecular complexity index is 1040. The monoisotopic (exact) mass is 430 g/mol. The molecule has 1 aliphatic heterocycles. The Labute approximate surface area is 187 Å². The fraction of sp³-hybridized carbons (Fsp3) is 0.240. The number of carbonyl (C=O) groups excluding carboxylic acids is 2. The number of urea groups is 1. The number of ether oxygens (including phenoxy) is 1. The summed E-state index contributed by atoms with van der Waals surface area (Å²) in [7, 11) is 0. The molecule has 1 aromatic heterocycles. The lowest BCUT2D eigenvalue weighted by Crippen LogP contribution is -2.39. The molecule has 1 saturated heterocycles. The molecular formula is C25H26N4O3. The Morgan fingerprint density at radius 2 is 1.66 bits per heavy atom. The zero-order valence-corrected chi connectivity index (χ0v) is 17.8. The van der Waals surface area contributed by atoms with Crippen molar-refractivity contribution in [2.45, 2.75) is 13.0 Å². The molecule has 32 heavy (non-hydrogen) atoms. The van der Waals surface area contributed by atoms with E-state index in [1.54, 1.807) is 17.2 Å². The maximum absolute atomic E-state index is 12.8. The summed E-state index contributed by atoms with van der Waals surface area (Å²) in [6.07, 6.45) is 2.46. The molecule has 0 unspecified atom stereocenters. The molecule has 2 heterocycles. The van der Waals surface area contributed by atoms with E-state index in [-0.39, 0.29) is 11.9 Å². The van der Waals surface area contributed by atoms with Gasteiger partial charge in [0.15, 0.2) is 0 Å². The van der Waals surface area contributed by atoms with Crippen LogP contribution in [0.3, 0.4) is 0 Å². The quantitative estimate of drug-likeness (QED) is 0.663.